The summed E-state index contributed by atoms with van der Waals surface area (Å²) in [5.41, 5.74) is 1.39. The molecule has 0 saturated heterocycles. The summed E-state index contributed by atoms with van der Waals surface area (Å²) in [6.07, 6.45) is 11.6. The van der Waals surface area contributed by atoms with Crippen LogP contribution < -0.4 is 0 Å². The van der Waals surface area contributed by atoms with Gasteiger partial charge in [-0.15, -0.1) is 6.58 Å². The Morgan fingerprint density at radius 2 is 2.00 bits per heavy atom. The van der Waals surface area contributed by atoms with Crippen molar-refractivity contribution in [3.05, 3.63) is 24.8 Å². The van der Waals surface area contributed by atoms with E-state index in [1.54, 1.807) is 0 Å². The van der Waals surface area contributed by atoms with Crippen LogP contribution in [0.5, 0.6) is 0 Å². The van der Waals surface area contributed by atoms with Gasteiger partial charge in [-0.25, -0.2) is 0 Å². The minimum atomic E-state index is 0.758. The molecule has 1 saturated carbocycles. The third-order valence-corrected chi connectivity index (χ3v) is 3.53. The van der Waals surface area contributed by atoms with Crippen molar-refractivity contribution >= 4 is 0 Å². The Morgan fingerprint density at radius 1 is 1.36 bits per heavy atom. The van der Waals surface area contributed by atoms with Gasteiger partial charge in [0.15, 0.2) is 0 Å². The predicted molar refractivity (Wildman–Crippen MR) is 64.3 cm³/mol. The Kier molecular flexibility index (Phi) is 5.00. The molecule has 1 aliphatic rings. The first-order valence-electron chi connectivity index (χ1n) is 6.02. The van der Waals surface area contributed by atoms with Crippen molar-refractivity contribution in [3.63, 3.8) is 0 Å². The molecule has 0 heteroatoms. The van der Waals surface area contributed by atoms with E-state index in [2.05, 4.69) is 20.1 Å². The lowest BCUT2D eigenvalue weighted by Gasteiger charge is -2.30. The highest BCUT2D eigenvalue weighted by molar-refractivity contribution is 5.00. The summed E-state index contributed by atoms with van der Waals surface area (Å²) in [6.45, 7) is 10.2. The standard InChI is InChI=1S/C14H24/c1-4-5-11-14(12(2)3)13-9-7-6-8-10-13/h4,13-14H,1-2,5-11H2,3H3. The second kappa shape index (κ2) is 6.06. The lowest BCUT2D eigenvalue weighted by molar-refractivity contribution is 0.267. The van der Waals surface area contributed by atoms with Gasteiger partial charge in [0.05, 0.1) is 0 Å². The maximum atomic E-state index is 4.15. The highest BCUT2D eigenvalue weighted by Crippen LogP contribution is 2.35. The molecule has 0 amide bonds. The van der Waals surface area contributed by atoms with Crippen molar-refractivity contribution in [2.45, 2.75) is 51.9 Å². The molecule has 0 radical (unpaired) electrons. The summed E-state index contributed by atoms with van der Waals surface area (Å²) in [7, 11) is 0. The highest BCUT2D eigenvalue weighted by Gasteiger charge is 2.23. The van der Waals surface area contributed by atoms with E-state index in [9.17, 15) is 0 Å². The fraction of sp³-hybridized carbons (Fsp3) is 0.714. The van der Waals surface area contributed by atoms with Gasteiger partial charge in [-0.1, -0.05) is 37.5 Å². The quantitative estimate of drug-likeness (QED) is 0.553. The average Bonchev–Trinajstić information content (AvgIpc) is 2.19. The van der Waals surface area contributed by atoms with Gasteiger partial charge in [0.1, 0.15) is 0 Å². The summed E-state index contributed by atoms with van der Waals surface area (Å²) in [5.74, 6) is 1.68. The van der Waals surface area contributed by atoms with Crippen LogP contribution in [0.4, 0.5) is 0 Å². The summed E-state index contributed by atoms with van der Waals surface area (Å²) < 4.78 is 0. The maximum Gasteiger partial charge on any atom is -0.0177 e. The molecule has 0 aliphatic heterocycles. The van der Waals surface area contributed by atoms with Crippen molar-refractivity contribution in [2.24, 2.45) is 11.8 Å². The van der Waals surface area contributed by atoms with E-state index in [1.807, 2.05) is 6.08 Å². The van der Waals surface area contributed by atoms with Crippen molar-refractivity contribution < 1.29 is 0 Å². The Morgan fingerprint density at radius 3 is 2.50 bits per heavy atom. The minimum Gasteiger partial charge on any atom is -0.103 e. The highest BCUT2D eigenvalue weighted by atomic mass is 14.3. The van der Waals surface area contributed by atoms with Crippen molar-refractivity contribution in [1.82, 2.24) is 0 Å². The van der Waals surface area contributed by atoms with E-state index >= 15 is 0 Å². The fourth-order valence-electron chi connectivity index (χ4n) is 2.72. The molecule has 0 aromatic heterocycles. The van der Waals surface area contributed by atoms with E-state index in [1.165, 1.54) is 44.1 Å². The summed E-state index contributed by atoms with van der Waals surface area (Å²) >= 11 is 0. The summed E-state index contributed by atoms with van der Waals surface area (Å²) in [4.78, 5) is 0. The maximum absolute atomic E-state index is 4.15. The first kappa shape index (κ1) is 11.6. The number of allylic oxidation sites excluding steroid dienone is 2. The van der Waals surface area contributed by atoms with Crippen LogP contribution in [-0.4, -0.2) is 0 Å². The number of hydrogen-bond acceptors (Lipinski definition) is 0. The molecule has 0 heterocycles. The molecular formula is C14H24. The molecule has 0 spiro atoms. The molecule has 1 atom stereocenters. The Labute approximate surface area is 89.1 Å². The lowest BCUT2D eigenvalue weighted by Crippen LogP contribution is -2.18. The third kappa shape index (κ3) is 3.32. The number of rotatable bonds is 5. The average molecular weight is 192 g/mol. The molecule has 0 aromatic carbocycles. The van der Waals surface area contributed by atoms with Gasteiger partial charge >= 0.3 is 0 Å². The molecule has 1 unspecified atom stereocenters. The number of hydrogen-bond donors (Lipinski definition) is 0. The van der Waals surface area contributed by atoms with E-state index in [4.69, 9.17) is 0 Å². The Hall–Kier alpha value is -0.520. The molecule has 0 bridgehead atoms. The lowest BCUT2D eigenvalue weighted by atomic mass is 9.75. The van der Waals surface area contributed by atoms with Crippen LogP contribution in [0.3, 0.4) is 0 Å². The van der Waals surface area contributed by atoms with Gasteiger partial charge in [-0.05, 0) is 44.4 Å². The van der Waals surface area contributed by atoms with E-state index in [-0.39, 0.29) is 0 Å². The van der Waals surface area contributed by atoms with E-state index < -0.39 is 0 Å². The van der Waals surface area contributed by atoms with Crippen LogP contribution in [-0.2, 0) is 0 Å². The zero-order chi connectivity index (χ0) is 10.4. The molecule has 0 nitrogen and oxygen atoms in total. The van der Waals surface area contributed by atoms with Crippen LogP contribution in [0.25, 0.3) is 0 Å². The topological polar surface area (TPSA) is 0 Å². The van der Waals surface area contributed by atoms with Crippen molar-refractivity contribution in [1.29, 1.82) is 0 Å². The third-order valence-electron chi connectivity index (χ3n) is 3.53. The second-order valence-electron chi connectivity index (χ2n) is 4.72. The molecule has 14 heavy (non-hydrogen) atoms. The first-order valence-corrected chi connectivity index (χ1v) is 6.02. The Balaban J connectivity index is 2.46. The summed E-state index contributed by atoms with van der Waals surface area (Å²) in [6, 6.07) is 0. The van der Waals surface area contributed by atoms with Gasteiger partial charge in [0.2, 0.25) is 0 Å². The SMILES string of the molecule is C=CCCC(C(=C)C)C1CCCCC1. The minimum absolute atomic E-state index is 0.758. The van der Waals surface area contributed by atoms with E-state index in [0.717, 1.165) is 18.3 Å². The molecule has 1 rings (SSSR count). The van der Waals surface area contributed by atoms with Gasteiger partial charge in [-0.3, -0.25) is 0 Å². The predicted octanol–water partition coefficient (Wildman–Crippen LogP) is 4.73. The smallest absolute Gasteiger partial charge is 0.0177 e. The van der Waals surface area contributed by atoms with Crippen molar-refractivity contribution in [3.8, 4) is 0 Å². The van der Waals surface area contributed by atoms with Gasteiger partial charge < -0.3 is 0 Å². The molecular weight excluding hydrogens is 168 g/mol. The molecule has 80 valence electrons. The molecule has 1 fully saturated rings. The van der Waals surface area contributed by atoms with Crippen LogP contribution >= 0.6 is 0 Å². The molecule has 0 aromatic rings. The van der Waals surface area contributed by atoms with Crippen LogP contribution in [0, 0.1) is 11.8 Å². The zero-order valence-corrected chi connectivity index (χ0v) is 9.60. The van der Waals surface area contributed by atoms with Gasteiger partial charge in [0.25, 0.3) is 0 Å². The monoisotopic (exact) mass is 192 g/mol. The molecule has 0 N–H and O–H groups in total. The second-order valence-corrected chi connectivity index (χ2v) is 4.72. The van der Waals surface area contributed by atoms with Gasteiger partial charge in [-0.2, -0.15) is 0 Å². The van der Waals surface area contributed by atoms with Crippen LogP contribution in [0.15, 0.2) is 24.8 Å². The fourth-order valence-corrected chi connectivity index (χ4v) is 2.72. The largest absolute Gasteiger partial charge is 0.103 e. The van der Waals surface area contributed by atoms with Gasteiger partial charge in [0, 0.05) is 0 Å². The summed E-state index contributed by atoms with van der Waals surface area (Å²) in [5, 5.41) is 0. The zero-order valence-electron chi connectivity index (χ0n) is 9.60. The van der Waals surface area contributed by atoms with Crippen LogP contribution in [0.1, 0.15) is 51.9 Å². The van der Waals surface area contributed by atoms with E-state index in [0.29, 0.717) is 0 Å². The molecule has 1 aliphatic carbocycles. The van der Waals surface area contributed by atoms with Crippen molar-refractivity contribution in [2.75, 3.05) is 0 Å². The normalized spacial score (nSPS) is 20.4. The first-order chi connectivity index (χ1) is 6.75. The Bertz CT molecular complexity index is 184. The van der Waals surface area contributed by atoms with Crippen LogP contribution in [0.2, 0.25) is 0 Å².